The third kappa shape index (κ3) is 49.5. The molecule has 3 N–H and O–H groups in total. The van der Waals surface area contributed by atoms with Crippen LogP contribution in [0.1, 0.15) is 303 Å². The number of aliphatic hydroxyl groups is 2. The summed E-state index contributed by atoms with van der Waals surface area (Å²) in [6, 6.07) is -0.640. The molecule has 2 unspecified atom stereocenters. The molecular weight excluding hydrogens is 747 g/mol. The molecule has 0 bridgehead atoms. The van der Waals surface area contributed by atoms with Crippen LogP contribution >= 0.6 is 0 Å². The summed E-state index contributed by atoms with van der Waals surface area (Å²) in [5, 5.41) is 23.1. The predicted octanol–water partition coefficient (Wildman–Crippen LogP) is 18.1. The van der Waals surface area contributed by atoms with Crippen molar-refractivity contribution in [3.8, 4) is 0 Å². The van der Waals surface area contributed by atoms with E-state index in [1.54, 1.807) is 6.08 Å². The minimum Gasteiger partial charge on any atom is -0.394 e. The molecule has 360 valence electrons. The smallest absolute Gasteiger partial charge is 0.220 e. The van der Waals surface area contributed by atoms with Gasteiger partial charge in [-0.25, -0.2) is 0 Å². The molecule has 0 heterocycles. The summed E-state index contributed by atoms with van der Waals surface area (Å²) in [5.74, 6) is -0.0730. The molecule has 0 aromatic heterocycles. The first-order chi connectivity index (χ1) is 30.2. The Kier molecular flexibility index (Phi) is 51.7. The first kappa shape index (κ1) is 59.6. The topological polar surface area (TPSA) is 69.6 Å². The fourth-order valence-electron chi connectivity index (χ4n) is 8.60. The zero-order valence-corrected chi connectivity index (χ0v) is 41.4. The van der Waals surface area contributed by atoms with Crippen molar-refractivity contribution in [3.63, 3.8) is 0 Å². The molecule has 4 nitrogen and oxygen atoms in total. The van der Waals surface area contributed by atoms with E-state index in [4.69, 9.17) is 0 Å². The summed E-state index contributed by atoms with van der Waals surface area (Å²) in [4.78, 5) is 12.4. The van der Waals surface area contributed by atoms with E-state index in [0.717, 1.165) is 32.1 Å². The highest BCUT2D eigenvalue weighted by Crippen LogP contribution is 2.17. The van der Waals surface area contributed by atoms with Crippen molar-refractivity contribution < 1.29 is 15.0 Å². The van der Waals surface area contributed by atoms with Crippen molar-refractivity contribution >= 4 is 5.91 Å². The summed E-state index contributed by atoms with van der Waals surface area (Å²) < 4.78 is 0. The number of unbranched alkanes of at least 4 members (excludes halogenated alkanes) is 40. The molecule has 0 aliphatic heterocycles. The average Bonchev–Trinajstić information content (AvgIpc) is 3.26. The Bertz CT molecular complexity index is 928. The van der Waals surface area contributed by atoms with Crippen molar-refractivity contribution in [2.24, 2.45) is 0 Å². The van der Waals surface area contributed by atoms with Gasteiger partial charge < -0.3 is 15.5 Å². The van der Waals surface area contributed by atoms with Crippen LogP contribution in [0, 0.1) is 0 Å². The van der Waals surface area contributed by atoms with Crippen LogP contribution in [0.15, 0.2) is 36.5 Å². The van der Waals surface area contributed by atoms with Gasteiger partial charge in [0, 0.05) is 6.42 Å². The van der Waals surface area contributed by atoms with Gasteiger partial charge in [0.15, 0.2) is 0 Å². The van der Waals surface area contributed by atoms with E-state index in [2.05, 4.69) is 43.5 Å². The first-order valence-corrected chi connectivity index (χ1v) is 27.7. The van der Waals surface area contributed by atoms with E-state index >= 15 is 0 Å². The van der Waals surface area contributed by atoms with Gasteiger partial charge in [-0.1, -0.05) is 275 Å². The molecule has 0 radical (unpaired) electrons. The van der Waals surface area contributed by atoms with Crippen LogP contribution in [0.4, 0.5) is 0 Å². The summed E-state index contributed by atoms with van der Waals surface area (Å²) in [6.45, 7) is 4.32. The monoisotopic (exact) mass is 856 g/mol. The summed E-state index contributed by atoms with van der Waals surface area (Å²) in [6.07, 6.45) is 71.7. The van der Waals surface area contributed by atoms with Gasteiger partial charge in [-0.15, -0.1) is 0 Å². The highest BCUT2D eigenvalue weighted by atomic mass is 16.3. The van der Waals surface area contributed by atoms with Crippen molar-refractivity contribution in [1.82, 2.24) is 5.32 Å². The fourth-order valence-corrected chi connectivity index (χ4v) is 8.60. The number of rotatable bonds is 51. The average molecular weight is 857 g/mol. The van der Waals surface area contributed by atoms with Gasteiger partial charge in [-0.05, 0) is 57.8 Å². The van der Waals surface area contributed by atoms with Crippen LogP contribution in [0.25, 0.3) is 0 Å². The van der Waals surface area contributed by atoms with Gasteiger partial charge in [0.2, 0.25) is 5.91 Å². The van der Waals surface area contributed by atoms with Gasteiger partial charge in [0.25, 0.3) is 0 Å². The normalized spacial score (nSPS) is 13.0. The molecule has 61 heavy (non-hydrogen) atoms. The van der Waals surface area contributed by atoms with Crippen LogP contribution in [-0.2, 0) is 4.79 Å². The maximum Gasteiger partial charge on any atom is 0.220 e. The fraction of sp³-hybridized carbons (Fsp3) is 0.877. The maximum atomic E-state index is 12.4. The van der Waals surface area contributed by atoms with Crippen LogP contribution in [-0.4, -0.2) is 34.9 Å². The lowest BCUT2D eigenvalue weighted by molar-refractivity contribution is -0.123. The Morgan fingerprint density at radius 2 is 0.639 bits per heavy atom. The van der Waals surface area contributed by atoms with Gasteiger partial charge in [0.1, 0.15) is 0 Å². The Labute approximate surface area is 382 Å². The van der Waals surface area contributed by atoms with E-state index < -0.39 is 12.1 Å². The second-order valence-corrected chi connectivity index (χ2v) is 19.0. The molecule has 0 saturated heterocycles. The molecule has 2 atom stereocenters. The number of amides is 1. The lowest BCUT2D eigenvalue weighted by atomic mass is 10.0. The van der Waals surface area contributed by atoms with Crippen molar-refractivity contribution in [3.05, 3.63) is 36.5 Å². The van der Waals surface area contributed by atoms with E-state index in [9.17, 15) is 15.0 Å². The number of allylic oxidation sites excluding steroid dienone is 5. The highest BCUT2D eigenvalue weighted by molar-refractivity contribution is 5.76. The lowest BCUT2D eigenvalue weighted by Crippen LogP contribution is -2.45. The van der Waals surface area contributed by atoms with Crippen LogP contribution in [0.5, 0.6) is 0 Å². The van der Waals surface area contributed by atoms with Crippen molar-refractivity contribution in [2.75, 3.05) is 6.61 Å². The second kappa shape index (κ2) is 53.0. The minimum absolute atomic E-state index is 0.0730. The van der Waals surface area contributed by atoms with Crippen LogP contribution in [0.3, 0.4) is 0 Å². The Morgan fingerprint density at radius 3 is 0.951 bits per heavy atom. The highest BCUT2D eigenvalue weighted by Gasteiger charge is 2.18. The third-order valence-corrected chi connectivity index (χ3v) is 12.8. The molecule has 0 aromatic rings. The number of carbonyl (C=O) groups is 1. The molecule has 1 amide bonds. The zero-order valence-electron chi connectivity index (χ0n) is 41.4. The van der Waals surface area contributed by atoms with Crippen molar-refractivity contribution in [2.45, 2.75) is 315 Å². The Balaban J connectivity index is 3.50. The van der Waals surface area contributed by atoms with E-state index in [-0.39, 0.29) is 12.5 Å². The van der Waals surface area contributed by atoms with E-state index in [1.165, 1.54) is 250 Å². The second-order valence-electron chi connectivity index (χ2n) is 19.0. The maximum absolute atomic E-state index is 12.4. The Hall–Kier alpha value is -1.39. The predicted molar refractivity (Wildman–Crippen MR) is 272 cm³/mol. The molecule has 0 fully saturated rings. The summed E-state index contributed by atoms with van der Waals surface area (Å²) in [5.41, 5.74) is 0. The van der Waals surface area contributed by atoms with E-state index in [0.29, 0.717) is 6.42 Å². The van der Waals surface area contributed by atoms with Gasteiger partial charge in [-0.3, -0.25) is 4.79 Å². The molecule has 0 aromatic carbocycles. The summed E-state index contributed by atoms with van der Waals surface area (Å²) >= 11 is 0. The largest absolute Gasteiger partial charge is 0.394 e. The van der Waals surface area contributed by atoms with Gasteiger partial charge in [0.05, 0.1) is 18.8 Å². The number of carbonyl (C=O) groups excluding carboxylic acids is 1. The standard InChI is InChI=1S/C57H109NO3/c1-3-5-7-9-11-13-15-17-19-21-23-24-25-26-27-28-29-30-31-32-33-35-36-38-40-42-44-46-48-50-52-56(60)55(54-59)58-57(61)53-51-49-47-45-43-41-39-37-34-22-20-18-16-14-12-10-8-6-4-2/h18,20,42,44,50,52,55-56,59-60H,3-17,19,21-41,43,45-49,51,53-54H2,1-2H3,(H,58,61)/b20-18-,44-42+,52-50+. The first-order valence-electron chi connectivity index (χ1n) is 27.7. The van der Waals surface area contributed by atoms with E-state index in [1.807, 2.05) is 6.08 Å². The number of nitrogens with one attached hydrogen (secondary N) is 1. The third-order valence-electron chi connectivity index (χ3n) is 12.8. The molecule has 0 aliphatic rings. The van der Waals surface area contributed by atoms with Gasteiger partial charge >= 0.3 is 0 Å². The number of hydrogen-bond acceptors (Lipinski definition) is 3. The van der Waals surface area contributed by atoms with Gasteiger partial charge in [-0.2, -0.15) is 0 Å². The van der Waals surface area contributed by atoms with Crippen LogP contribution < -0.4 is 5.32 Å². The SMILES string of the molecule is CCCCCCCC/C=C\CCCCCCCCCCCC(=O)NC(CO)C(O)/C=C/CC/C=C/CCCCCCCCCCCCCCCCCCCCCCCCCC. The molecule has 4 heteroatoms. The quantitative estimate of drug-likeness (QED) is 0.0422. The number of aliphatic hydroxyl groups excluding tert-OH is 2. The minimum atomic E-state index is -0.863. The number of hydrogen-bond donors (Lipinski definition) is 3. The Morgan fingerprint density at radius 1 is 0.377 bits per heavy atom. The summed E-state index contributed by atoms with van der Waals surface area (Å²) in [7, 11) is 0. The zero-order chi connectivity index (χ0) is 44.2. The molecule has 0 spiro atoms. The van der Waals surface area contributed by atoms with Crippen molar-refractivity contribution in [1.29, 1.82) is 0 Å². The molecule has 0 rings (SSSR count). The molecule has 0 saturated carbocycles. The molecular formula is C57H109NO3. The lowest BCUT2D eigenvalue weighted by Gasteiger charge is -2.19. The molecule has 0 aliphatic carbocycles. The van der Waals surface area contributed by atoms with Crippen LogP contribution in [0.2, 0.25) is 0 Å².